The summed E-state index contributed by atoms with van der Waals surface area (Å²) in [4.78, 5) is 12.2. The quantitative estimate of drug-likeness (QED) is 0.509. The molecular formula is C14H16F3N3O. The summed E-state index contributed by atoms with van der Waals surface area (Å²) in [6.45, 7) is 1.35. The number of hydrogen-bond donors (Lipinski definition) is 2. The highest BCUT2D eigenvalue weighted by molar-refractivity contribution is 5.71. The molecule has 1 heterocycles. The van der Waals surface area contributed by atoms with Crippen LogP contribution in [0.4, 0.5) is 24.5 Å². The molecule has 1 fully saturated rings. The molecular weight excluding hydrogens is 283 g/mol. The fraction of sp³-hybridized carbons (Fsp3) is 0.357. The summed E-state index contributed by atoms with van der Waals surface area (Å²) >= 11 is 0. The number of carbonyl (C=O) groups excluding carboxylic acids is 1. The number of carbonyl (C=O) groups is 1. The molecule has 0 aromatic heterocycles. The van der Waals surface area contributed by atoms with Gasteiger partial charge in [0, 0.05) is 25.3 Å². The van der Waals surface area contributed by atoms with E-state index in [1.54, 1.807) is 6.20 Å². The number of nitrogens with two attached hydrogens (primary N) is 1. The number of likely N-dealkylation sites (tertiary alicyclic amines) is 1. The molecule has 7 heteroatoms. The van der Waals surface area contributed by atoms with Gasteiger partial charge in [-0.2, -0.15) is 13.2 Å². The van der Waals surface area contributed by atoms with Crippen LogP contribution in [0.1, 0.15) is 12.0 Å². The van der Waals surface area contributed by atoms with Crippen molar-refractivity contribution in [3.05, 3.63) is 36.0 Å². The molecule has 0 radical (unpaired) electrons. The van der Waals surface area contributed by atoms with Crippen LogP contribution in [0.5, 0.6) is 0 Å². The first-order valence-corrected chi connectivity index (χ1v) is 6.50. The summed E-state index contributed by atoms with van der Waals surface area (Å²) in [5.74, 6) is 0. The molecule has 1 atom stereocenters. The number of alkyl halides is 3. The Morgan fingerprint density at radius 3 is 2.81 bits per heavy atom. The Bertz CT molecular complexity index is 543. The van der Waals surface area contributed by atoms with E-state index in [-0.39, 0.29) is 17.4 Å². The standard InChI is InChI=1S/C14H16F3N3O/c15-14(16,17)11-3-1-4-12(13(11)18)19-10-5-7-20(9-10)6-2-8-21/h1-4,6,8,10,19H,5,7,9,18H2/t10-/m1/s1. The summed E-state index contributed by atoms with van der Waals surface area (Å²) in [7, 11) is 0. The summed E-state index contributed by atoms with van der Waals surface area (Å²) in [6.07, 6.45) is 0.0474. The molecule has 1 aromatic rings. The van der Waals surface area contributed by atoms with Crippen LogP contribution in [-0.4, -0.2) is 30.3 Å². The molecule has 21 heavy (non-hydrogen) atoms. The molecule has 114 valence electrons. The number of aldehydes is 1. The Labute approximate surface area is 120 Å². The fourth-order valence-electron chi connectivity index (χ4n) is 2.36. The van der Waals surface area contributed by atoms with Crippen molar-refractivity contribution < 1.29 is 18.0 Å². The average molecular weight is 299 g/mol. The maximum Gasteiger partial charge on any atom is 0.418 e. The number of nitrogens with zero attached hydrogens (tertiary/aromatic N) is 1. The Hall–Kier alpha value is -2.18. The lowest BCUT2D eigenvalue weighted by Crippen LogP contribution is -2.24. The van der Waals surface area contributed by atoms with Crippen LogP contribution in [0.25, 0.3) is 0 Å². The Balaban J connectivity index is 2.08. The Kier molecular flexibility index (Phi) is 4.40. The van der Waals surface area contributed by atoms with Crippen molar-refractivity contribution in [2.24, 2.45) is 0 Å². The molecule has 1 aliphatic heterocycles. The largest absolute Gasteiger partial charge is 0.418 e. The number of nitrogen functional groups attached to an aromatic ring is 1. The first-order chi connectivity index (χ1) is 9.91. The van der Waals surface area contributed by atoms with Gasteiger partial charge in [0.25, 0.3) is 0 Å². The van der Waals surface area contributed by atoms with Crippen molar-refractivity contribution in [2.45, 2.75) is 18.6 Å². The average Bonchev–Trinajstić information content (AvgIpc) is 2.85. The summed E-state index contributed by atoms with van der Waals surface area (Å²) in [5, 5.41) is 3.04. The van der Waals surface area contributed by atoms with Crippen LogP contribution >= 0.6 is 0 Å². The molecule has 0 bridgehead atoms. The van der Waals surface area contributed by atoms with E-state index in [4.69, 9.17) is 5.73 Å². The number of rotatable bonds is 4. The van der Waals surface area contributed by atoms with Gasteiger partial charge in [-0.25, -0.2) is 0 Å². The van der Waals surface area contributed by atoms with Gasteiger partial charge in [-0.15, -0.1) is 0 Å². The minimum atomic E-state index is -4.46. The molecule has 0 spiro atoms. The van der Waals surface area contributed by atoms with E-state index in [1.807, 2.05) is 4.90 Å². The predicted molar refractivity (Wildman–Crippen MR) is 74.7 cm³/mol. The maximum atomic E-state index is 12.8. The van der Waals surface area contributed by atoms with Crippen LogP contribution in [-0.2, 0) is 11.0 Å². The van der Waals surface area contributed by atoms with Gasteiger partial charge in [-0.1, -0.05) is 6.07 Å². The number of nitrogens with one attached hydrogen (secondary N) is 1. The third kappa shape index (κ3) is 3.68. The third-order valence-electron chi connectivity index (χ3n) is 3.37. The van der Waals surface area contributed by atoms with Crippen molar-refractivity contribution in [3.63, 3.8) is 0 Å². The van der Waals surface area contributed by atoms with Gasteiger partial charge in [-0.05, 0) is 24.6 Å². The molecule has 4 nitrogen and oxygen atoms in total. The van der Waals surface area contributed by atoms with Gasteiger partial charge in [0.05, 0.1) is 16.9 Å². The Morgan fingerprint density at radius 2 is 2.14 bits per heavy atom. The fourth-order valence-corrected chi connectivity index (χ4v) is 2.36. The third-order valence-corrected chi connectivity index (χ3v) is 3.37. The van der Waals surface area contributed by atoms with Crippen LogP contribution in [0.3, 0.4) is 0 Å². The van der Waals surface area contributed by atoms with E-state index >= 15 is 0 Å². The second kappa shape index (κ2) is 6.07. The zero-order chi connectivity index (χ0) is 15.5. The first-order valence-electron chi connectivity index (χ1n) is 6.50. The molecule has 1 aromatic carbocycles. The van der Waals surface area contributed by atoms with Crippen LogP contribution < -0.4 is 11.1 Å². The van der Waals surface area contributed by atoms with Crippen LogP contribution in [0.15, 0.2) is 30.5 Å². The van der Waals surface area contributed by atoms with E-state index in [2.05, 4.69) is 5.32 Å². The first kappa shape index (κ1) is 15.2. The molecule has 0 amide bonds. The summed E-state index contributed by atoms with van der Waals surface area (Å²) in [5.41, 5.74) is 4.78. The highest BCUT2D eigenvalue weighted by Crippen LogP contribution is 2.37. The molecule has 2 rings (SSSR count). The van der Waals surface area contributed by atoms with Crippen molar-refractivity contribution in [1.82, 2.24) is 4.90 Å². The SMILES string of the molecule is Nc1c(N[C@@H]2CCN(C=CC=O)C2)cccc1C(F)(F)F. The van der Waals surface area contributed by atoms with Crippen LogP contribution in [0.2, 0.25) is 0 Å². The van der Waals surface area contributed by atoms with Crippen molar-refractivity contribution in [3.8, 4) is 0 Å². The van der Waals surface area contributed by atoms with Crippen molar-refractivity contribution >= 4 is 17.7 Å². The molecule has 1 saturated heterocycles. The van der Waals surface area contributed by atoms with Gasteiger partial charge < -0.3 is 16.0 Å². The molecule has 0 aliphatic carbocycles. The predicted octanol–water partition coefficient (Wildman–Crippen LogP) is 2.49. The summed E-state index contributed by atoms with van der Waals surface area (Å²) in [6, 6.07) is 3.83. The normalized spacial score (nSPS) is 19.2. The van der Waals surface area contributed by atoms with Gasteiger partial charge in [0.1, 0.15) is 6.29 Å². The second-order valence-electron chi connectivity index (χ2n) is 4.87. The number of anilines is 2. The minimum Gasteiger partial charge on any atom is -0.397 e. The van der Waals surface area contributed by atoms with E-state index in [0.717, 1.165) is 19.0 Å². The lowest BCUT2D eigenvalue weighted by Gasteiger charge is -2.19. The molecule has 0 unspecified atom stereocenters. The zero-order valence-corrected chi connectivity index (χ0v) is 11.2. The number of halogens is 3. The number of allylic oxidation sites excluding steroid dienone is 1. The van der Waals surface area contributed by atoms with Crippen LogP contribution in [0, 0.1) is 0 Å². The van der Waals surface area contributed by atoms with E-state index < -0.39 is 11.7 Å². The van der Waals surface area contributed by atoms with Gasteiger partial charge in [0.2, 0.25) is 0 Å². The van der Waals surface area contributed by atoms with Gasteiger partial charge in [0.15, 0.2) is 0 Å². The van der Waals surface area contributed by atoms with Crippen molar-refractivity contribution in [1.29, 1.82) is 0 Å². The van der Waals surface area contributed by atoms with Gasteiger partial charge >= 0.3 is 6.18 Å². The Morgan fingerprint density at radius 1 is 1.38 bits per heavy atom. The number of hydrogen-bond acceptors (Lipinski definition) is 4. The van der Waals surface area contributed by atoms with E-state index in [9.17, 15) is 18.0 Å². The topological polar surface area (TPSA) is 58.4 Å². The highest BCUT2D eigenvalue weighted by Gasteiger charge is 2.34. The lowest BCUT2D eigenvalue weighted by molar-refractivity contribution is -0.136. The molecule has 3 N–H and O–H groups in total. The molecule has 0 saturated carbocycles. The number of para-hydroxylation sites is 1. The van der Waals surface area contributed by atoms with E-state index in [1.165, 1.54) is 18.2 Å². The van der Waals surface area contributed by atoms with Crippen molar-refractivity contribution in [2.75, 3.05) is 24.1 Å². The molecule has 1 aliphatic rings. The van der Waals surface area contributed by atoms with Gasteiger partial charge in [-0.3, -0.25) is 4.79 Å². The second-order valence-corrected chi connectivity index (χ2v) is 4.87. The summed E-state index contributed by atoms with van der Waals surface area (Å²) < 4.78 is 38.4. The smallest absolute Gasteiger partial charge is 0.397 e. The minimum absolute atomic E-state index is 0.00733. The lowest BCUT2D eigenvalue weighted by atomic mass is 10.1. The number of benzene rings is 1. The van der Waals surface area contributed by atoms with E-state index in [0.29, 0.717) is 12.8 Å². The highest BCUT2D eigenvalue weighted by atomic mass is 19.4. The monoisotopic (exact) mass is 299 g/mol. The maximum absolute atomic E-state index is 12.8. The zero-order valence-electron chi connectivity index (χ0n) is 11.2.